The lowest BCUT2D eigenvalue weighted by atomic mass is 10.1. The van der Waals surface area contributed by atoms with Crippen molar-refractivity contribution < 1.29 is 0 Å². The fraction of sp³-hybridized carbons (Fsp3) is 0.556. The molecular weight excluding hydrogens is 150 g/mol. The topological polar surface area (TPSA) is 28.0 Å². The number of guanidine groups is 1. The SMILES string of the molecule is CC1CC(C)N2C=CC=NC2=N1. The predicted octanol–water partition coefficient (Wildman–Crippen LogP) is 1.42. The quantitative estimate of drug-likeness (QED) is 0.531. The molecule has 0 saturated heterocycles. The first-order chi connectivity index (χ1) is 5.77. The first-order valence-corrected chi connectivity index (χ1v) is 4.34. The van der Waals surface area contributed by atoms with Gasteiger partial charge in [0.1, 0.15) is 0 Å². The van der Waals surface area contributed by atoms with Gasteiger partial charge in [-0.3, -0.25) is 0 Å². The van der Waals surface area contributed by atoms with Gasteiger partial charge in [-0.25, -0.2) is 9.98 Å². The molecule has 2 atom stereocenters. The molecule has 0 radical (unpaired) electrons. The number of rotatable bonds is 0. The van der Waals surface area contributed by atoms with Crippen molar-refractivity contribution >= 4 is 12.2 Å². The Labute approximate surface area is 72.5 Å². The van der Waals surface area contributed by atoms with Crippen LogP contribution < -0.4 is 0 Å². The molecule has 2 heterocycles. The minimum absolute atomic E-state index is 0.412. The maximum absolute atomic E-state index is 4.45. The van der Waals surface area contributed by atoms with Gasteiger partial charge >= 0.3 is 0 Å². The van der Waals surface area contributed by atoms with Crippen molar-refractivity contribution in [1.82, 2.24) is 4.90 Å². The maximum atomic E-state index is 4.45. The van der Waals surface area contributed by atoms with Gasteiger partial charge in [0, 0.05) is 18.5 Å². The first kappa shape index (κ1) is 7.53. The largest absolute Gasteiger partial charge is 0.315 e. The highest BCUT2D eigenvalue weighted by molar-refractivity contribution is 5.94. The van der Waals surface area contributed by atoms with Gasteiger partial charge in [-0.2, -0.15) is 0 Å². The third kappa shape index (κ3) is 1.15. The van der Waals surface area contributed by atoms with Crippen molar-refractivity contribution in [2.24, 2.45) is 9.98 Å². The Morgan fingerprint density at radius 1 is 1.50 bits per heavy atom. The van der Waals surface area contributed by atoms with Crippen LogP contribution in [0, 0.1) is 0 Å². The zero-order chi connectivity index (χ0) is 8.55. The summed E-state index contributed by atoms with van der Waals surface area (Å²) >= 11 is 0. The molecular formula is C9H13N3. The molecule has 0 saturated carbocycles. The molecule has 12 heavy (non-hydrogen) atoms. The molecule has 0 aromatic rings. The lowest BCUT2D eigenvalue weighted by Gasteiger charge is -2.33. The van der Waals surface area contributed by atoms with Gasteiger partial charge in [0.25, 0.3) is 0 Å². The number of hydrogen-bond acceptors (Lipinski definition) is 3. The summed E-state index contributed by atoms with van der Waals surface area (Å²) in [6.45, 7) is 4.34. The van der Waals surface area contributed by atoms with Crippen LogP contribution >= 0.6 is 0 Å². The van der Waals surface area contributed by atoms with E-state index in [2.05, 4.69) is 28.7 Å². The molecule has 0 aromatic heterocycles. The predicted molar refractivity (Wildman–Crippen MR) is 50.4 cm³/mol. The Bertz CT molecular complexity index is 265. The van der Waals surface area contributed by atoms with Crippen LogP contribution in [0.4, 0.5) is 0 Å². The number of nitrogens with zero attached hydrogens (tertiary/aromatic N) is 3. The van der Waals surface area contributed by atoms with Crippen LogP contribution in [0.2, 0.25) is 0 Å². The number of aliphatic imine (C=N–C) groups is 2. The second-order valence-electron chi connectivity index (χ2n) is 3.39. The van der Waals surface area contributed by atoms with Gasteiger partial charge in [-0.1, -0.05) is 0 Å². The van der Waals surface area contributed by atoms with E-state index < -0.39 is 0 Å². The van der Waals surface area contributed by atoms with Crippen LogP contribution in [0.3, 0.4) is 0 Å². The van der Waals surface area contributed by atoms with Crippen molar-refractivity contribution in [3.8, 4) is 0 Å². The second kappa shape index (κ2) is 2.73. The lowest BCUT2D eigenvalue weighted by molar-refractivity contribution is 0.351. The van der Waals surface area contributed by atoms with E-state index in [9.17, 15) is 0 Å². The third-order valence-electron chi connectivity index (χ3n) is 2.25. The van der Waals surface area contributed by atoms with Crippen molar-refractivity contribution in [3.05, 3.63) is 12.3 Å². The van der Waals surface area contributed by atoms with Crippen molar-refractivity contribution in [3.63, 3.8) is 0 Å². The lowest BCUT2D eigenvalue weighted by Crippen LogP contribution is -2.40. The molecule has 0 aromatic carbocycles. The molecule has 0 fully saturated rings. The number of allylic oxidation sites excluding steroid dienone is 1. The molecule has 0 amide bonds. The third-order valence-corrected chi connectivity index (χ3v) is 2.25. The zero-order valence-electron chi connectivity index (χ0n) is 7.44. The molecule has 0 bridgehead atoms. The number of fused-ring (bicyclic) bond motifs is 1. The molecule has 2 unspecified atom stereocenters. The Kier molecular flexibility index (Phi) is 1.71. The molecule has 2 aliphatic heterocycles. The highest BCUT2D eigenvalue weighted by atomic mass is 15.3. The summed E-state index contributed by atoms with van der Waals surface area (Å²) in [5, 5.41) is 0. The summed E-state index contributed by atoms with van der Waals surface area (Å²) in [6.07, 6.45) is 6.90. The summed E-state index contributed by atoms with van der Waals surface area (Å²) < 4.78 is 0. The summed E-state index contributed by atoms with van der Waals surface area (Å²) in [5.41, 5.74) is 0. The maximum Gasteiger partial charge on any atom is 0.225 e. The van der Waals surface area contributed by atoms with E-state index in [0.29, 0.717) is 12.1 Å². The summed E-state index contributed by atoms with van der Waals surface area (Å²) in [4.78, 5) is 10.8. The monoisotopic (exact) mass is 163 g/mol. The minimum Gasteiger partial charge on any atom is -0.315 e. The Morgan fingerprint density at radius 3 is 3.17 bits per heavy atom. The summed E-state index contributed by atoms with van der Waals surface area (Å²) in [7, 11) is 0. The molecule has 64 valence electrons. The van der Waals surface area contributed by atoms with Crippen LogP contribution in [0.15, 0.2) is 22.3 Å². The Morgan fingerprint density at radius 2 is 2.33 bits per heavy atom. The van der Waals surface area contributed by atoms with Crippen LogP contribution in [-0.2, 0) is 0 Å². The van der Waals surface area contributed by atoms with Gasteiger partial charge in [0.2, 0.25) is 5.96 Å². The van der Waals surface area contributed by atoms with E-state index in [1.54, 1.807) is 6.21 Å². The van der Waals surface area contributed by atoms with Crippen LogP contribution in [0.1, 0.15) is 20.3 Å². The summed E-state index contributed by atoms with van der Waals surface area (Å²) in [5.74, 6) is 0.865. The van der Waals surface area contributed by atoms with Gasteiger partial charge in [0.05, 0.1) is 6.04 Å². The van der Waals surface area contributed by atoms with Crippen molar-refractivity contribution in [2.45, 2.75) is 32.4 Å². The average Bonchev–Trinajstić information content (AvgIpc) is 2.04. The van der Waals surface area contributed by atoms with E-state index in [-0.39, 0.29) is 0 Å². The van der Waals surface area contributed by atoms with Gasteiger partial charge in [0.15, 0.2) is 0 Å². The molecule has 3 nitrogen and oxygen atoms in total. The second-order valence-corrected chi connectivity index (χ2v) is 3.39. The van der Waals surface area contributed by atoms with E-state index in [1.807, 2.05) is 12.3 Å². The van der Waals surface area contributed by atoms with Crippen LogP contribution in [0.25, 0.3) is 0 Å². The van der Waals surface area contributed by atoms with Crippen LogP contribution in [-0.4, -0.2) is 29.2 Å². The van der Waals surface area contributed by atoms with Gasteiger partial charge in [-0.15, -0.1) is 0 Å². The van der Waals surface area contributed by atoms with E-state index >= 15 is 0 Å². The first-order valence-electron chi connectivity index (χ1n) is 4.34. The minimum atomic E-state index is 0.412. The van der Waals surface area contributed by atoms with Gasteiger partial charge < -0.3 is 4.90 Å². The fourth-order valence-corrected chi connectivity index (χ4v) is 1.68. The van der Waals surface area contributed by atoms with Crippen molar-refractivity contribution in [2.75, 3.05) is 0 Å². The molecule has 0 aliphatic carbocycles. The van der Waals surface area contributed by atoms with Crippen LogP contribution in [0.5, 0.6) is 0 Å². The Hall–Kier alpha value is -1.12. The normalized spacial score (nSPS) is 33.2. The molecule has 2 rings (SSSR count). The molecule has 0 N–H and O–H groups in total. The standard InChI is InChI=1S/C9H13N3/c1-7-6-8(2)12-5-3-4-10-9(12)11-7/h3-5,7-8H,6H2,1-2H3. The average molecular weight is 163 g/mol. The number of hydrogen-bond donors (Lipinski definition) is 0. The van der Waals surface area contributed by atoms with E-state index in [1.165, 1.54) is 0 Å². The summed E-state index contributed by atoms with van der Waals surface area (Å²) in [6, 6.07) is 0.941. The highest BCUT2D eigenvalue weighted by Crippen LogP contribution is 2.18. The van der Waals surface area contributed by atoms with Gasteiger partial charge in [-0.05, 0) is 26.3 Å². The molecule has 0 spiro atoms. The molecule has 3 heteroatoms. The highest BCUT2D eigenvalue weighted by Gasteiger charge is 2.24. The Balaban J connectivity index is 2.31. The van der Waals surface area contributed by atoms with E-state index in [0.717, 1.165) is 12.4 Å². The smallest absolute Gasteiger partial charge is 0.225 e. The fourth-order valence-electron chi connectivity index (χ4n) is 1.68. The zero-order valence-corrected chi connectivity index (χ0v) is 7.44. The van der Waals surface area contributed by atoms with Crippen molar-refractivity contribution in [1.29, 1.82) is 0 Å². The molecule has 2 aliphatic rings. The van der Waals surface area contributed by atoms with E-state index in [4.69, 9.17) is 0 Å².